The van der Waals surface area contributed by atoms with Gasteiger partial charge in [0, 0.05) is 11.5 Å². The van der Waals surface area contributed by atoms with E-state index in [2.05, 4.69) is 4.98 Å². The highest BCUT2D eigenvalue weighted by Gasteiger charge is 2.09. The minimum Gasteiger partial charge on any atom is -0.493 e. The molecule has 1 aromatic carbocycles. The molecule has 0 saturated heterocycles. The highest BCUT2D eigenvalue weighted by Crippen LogP contribution is 2.28. The van der Waals surface area contributed by atoms with E-state index >= 15 is 0 Å². The number of fused-ring (bicyclic) bond motifs is 1. The summed E-state index contributed by atoms with van der Waals surface area (Å²) >= 11 is 0. The van der Waals surface area contributed by atoms with E-state index in [1.807, 2.05) is 0 Å². The molecule has 2 aromatic rings. The van der Waals surface area contributed by atoms with Gasteiger partial charge in [0.15, 0.2) is 11.6 Å². The van der Waals surface area contributed by atoms with Crippen molar-refractivity contribution in [2.24, 2.45) is 0 Å². The number of pyridine rings is 1. The molecule has 0 amide bonds. The van der Waals surface area contributed by atoms with Crippen LogP contribution in [-0.4, -0.2) is 17.2 Å². The first-order valence-electron chi connectivity index (χ1n) is 4.04. The van der Waals surface area contributed by atoms with Gasteiger partial charge in [-0.1, -0.05) is 0 Å². The van der Waals surface area contributed by atoms with Gasteiger partial charge in [0.2, 0.25) is 5.88 Å². The van der Waals surface area contributed by atoms with Gasteiger partial charge in [0.1, 0.15) is 5.52 Å². The van der Waals surface area contributed by atoms with Crippen molar-refractivity contribution in [2.45, 2.75) is 0 Å². The Morgan fingerprint density at radius 3 is 2.71 bits per heavy atom. The molecule has 4 heteroatoms. The van der Waals surface area contributed by atoms with Crippen LogP contribution >= 0.6 is 0 Å². The molecule has 0 aliphatic heterocycles. The molecular formula is C10H8FNO2. The number of rotatable bonds is 1. The lowest BCUT2D eigenvalue weighted by molar-refractivity contribution is 0.389. The summed E-state index contributed by atoms with van der Waals surface area (Å²) in [5.41, 5.74) is 0.326. The van der Waals surface area contributed by atoms with Gasteiger partial charge in [0.25, 0.3) is 0 Å². The fraction of sp³-hybridized carbons (Fsp3) is 0.100. The number of ether oxygens (including phenoxy) is 1. The number of methoxy groups -OCH3 is 1. The van der Waals surface area contributed by atoms with Crippen LogP contribution in [0, 0.1) is 5.82 Å². The van der Waals surface area contributed by atoms with E-state index in [0.29, 0.717) is 5.52 Å². The molecular weight excluding hydrogens is 185 g/mol. The van der Waals surface area contributed by atoms with Gasteiger partial charge in [-0.3, -0.25) is 0 Å². The largest absolute Gasteiger partial charge is 0.493 e. The van der Waals surface area contributed by atoms with Crippen LogP contribution in [0.3, 0.4) is 0 Å². The second kappa shape index (κ2) is 3.14. The van der Waals surface area contributed by atoms with Crippen molar-refractivity contribution < 1.29 is 14.2 Å². The molecule has 1 N–H and O–H groups in total. The fourth-order valence-corrected chi connectivity index (χ4v) is 1.32. The second-order valence-electron chi connectivity index (χ2n) is 2.82. The molecule has 72 valence electrons. The first-order chi connectivity index (χ1) is 6.72. The highest BCUT2D eigenvalue weighted by molar-refractivity contribution is 5.85. The summed E-state index contributed by atoms with van der Waals surface area (Å²) in [6.07, 6.45) is 0. The predicted octanol–water partition coefficient (Wildman–Crippen LogP) is 2.09. The van der Waals surface area contributed by atoms with Crippen molar-refractivity contribution in [3.63, 3.8) is 0 Å². The normalized spacial score (nSPS) is 10.4. The summed E-state index contributed by atoms with van der Waals surface area (Å²) in [6.45, 7) is 0. The smallest absolute Gasteiger partial charge is 0.211 e. The van der Waals surface area contributed by atoms with Crippen LogP contribution in [0.15, 0.2) is 24.3 Å². The third kappa shape index (κ3) is 1.25. The summed E-state index contributed by atoms with van der Waals surface area (Å²) in [5, 5.41) is 9.88. The van der Waals surface area contributed by atoms with Gasteiger partial charge in [0.05, 0.1) is 7.11 Å². The quantitative estimate of drug-likeness (QED) is 0.754. The number of benzene rings is 1. The lowest BCUT2D eigenvalue weighted by atomic mass is 10.2. The number of aromatic hydroxyl groups is 1. The predicted molar refractivity (Wildman–Crippen MR) is 49.9 cm³/mol. The summed E-state index contributed by atoms with van der Waals surface area (Å²) in [6, 6.07) is 5.98. The molecule has 0 aliphatic rings. The van der Waals surface area contributed by atoms with E-state index in [1.165, 1.54) is 19.2 Å². The summed E-state index contributed by atoms with van der Waals surface area (Å²) < 4.78 is 18.1. The Labute approximate surface area is 79.8 Å². The molecule has 0 aliphatic carbocycles. The topological polar surface area (TPSA) is 42.4 Å². The Balaban J connectivity index is 2.84. The van der Waals surface area contributed by atoms with Crippen molar-refractivity contribution in [1.82, 2.24) is 4.98 Å². The molecule has 0 unspecified atom stereocenters. The maximum absolute atomic E-state index is 13.2. The lowest BCUT2D eigenvalue weighted by Gasteiger charge is -2.05. The average Bonchev–Trinajstić information content (AvgIpc) is 2.17. The Morgan fingerprint density at radius 1 is 1.29 bits per heavy atom. The maximum Gasteiger partial charge on any atom is 0.211 e. The van der Waals surface area contributed by atoms with E-state index in [0.717, 1.165) is 5.39 Å². The molecule has 0 fully saturated rings. The zero-order valence-corrected chi connectivity index (χ0v) is 7.49. The van der Waals surface area contributed by atoms with E-state index in [-0.39, 0.29) is 11.6 Å². The van der Waals surface area contributed by atoms with Crippen LogP contribution in [0.1, 0.15) is 0 Å². The molecule has 0 saturated carbocycles. The first-order valence-corrected chi connectivity index (χ1v) is 4.04. The molecule has 0 bridgehead atoms. The molecule has 1 aromatic heterocycles. The van der Waals surface area contributed by atoms with Gasteiger partial charge in [-0.05, 0) is 18.2 Å². The molecule has 0 spiro atoms. The van der Waals surface area contributed by atoms with Crippen molar-refractivity contribution in [1.29, 1.82) is 0 Å². The van der Waals surface area contributed by atoms with Crippen LogP contribution in [-0.2, 0) is 0 Å². The molecule has 2 rings (SSSR count). The maximum atomic E-state index is 13.2. The summed E-state index contributed by atoms with van der Waals surface area (Å²) in [7, 11) is 1.36. The van der Waals surface area contributed by atoms with Gasteiger partial charge in [-0.2, -0.15) is 0 Å². The van der Waals surface area contributed by atoms with E-state index in [4.69, 9.17) is 9.84 Å². The van der Waals surface area contributed by atoms with Crippen molar-refractivity contribution in [3.8, 4) is 11.6 Å². The summed E-state index contributed by atoms with van der Waals surface area (Å²) in [5.74, 6) is -0.585. The molecule has 0 atom stereocenters. The van der Waals surface area contributed by atoms with Crippen LogP contribution in [0.5, 0.6) is 11.6 Å². The Morgan fingerprint density at radius 2 is 2.00 bits per heavy atom. The number of hydrogen-bond acceptors (Lipinski definition) is 3. The zero-order valence-electron chi connectivity index (χ0n) is 7.49. The van der Waals surface area contributed by atoms with Crippen molar-refractivity contribution in [2.75, 3.05) is 7.11 Å². The number of halogens is 1. The van der Waals surface area contributed by atoms with Crippen molar-refractivity contribution in [3.05, 3.63) is 30.1 Å². The Kier molecular flexibility index (Phi) is 1.96. The molecule has 3 nitrogen and oxygen atoms in total. The summed E-state index contributed by atoms with van der Waals surface area (Å²) in [4.78, 5) is 3.80. The number of aromatic nitrogens is 1. The minimum absolute atomic E-state index is 0.0541. The van der Waals surface area contributed by atoms with Gasteiger partial charge >= 0.3 is 0 Å². The third-order valence-electron chi connectivity index (χ3n) is 1.96. The second-order valence-corrected chi connectivity index (χ2v) is 2.82. The Bertz CT molecular complexity index is 480. The third-order valence-corrected chi connectivity index (χ3v) is 1.96. The van der Waals surface area contributed by atoms with E-state index in [1.54, 1.807) is 12.1 Å². The SMILES string of the molecule is COc1c(F)ccc2ccc(O)nc12. The van der Waals surface area contributed by atoms with Crippen LogP contribution in [0.25, 0.3) is 10.9 Å². The lowest BCUT2D eigenvalue weighted by Crippen LogP contribution is -1.91. The molecule has 0 radical (unpaired) electrons. The zero-order chi connectivity index (χ0) is 10.1. The van der Waals surface area contributed by atoms with Crippen LogP contribution in [0.4, 0.5) is 4.39 Å². The van der Waals surface area contributed by atoms with Crippen molar-refractivity contribution >= 4 is 10.9 Å². The molecule has 14 heavy (non-hydrogen) atoms. The standard InChI is InChI=1S/C10H8FNO2/c1-14-10-7(11)4-2-6-3-5-8(13)12-9(6)10/h2-5H,1H3,(H,12,13). The van der Waals surface area contributed by atoms with Gasteiger partial charge in [-0.15, -0.1) is 0 Å². The molecule has 1 heterocycles. The average molecular weight is 193 g/mol. The Hall–Kier alpha value is -1.84. The van der Waals surface area contributed by atoms with Gasteiger partial charge < -0.3 is 9.84 Å². The highest BCUT2D eigenvalue weighted by atomic mass is 19.1. The van der Waals surface area contributed by atoms with Crippen LogP contribution in [0.2, 0.25) is 0 Å². The minimum atomic E-state index is -0.488. The van der Waals surface area contributed by atoms with E-state index in [9.17, 15) is 4.39 Å². The number of hydrogen-bond donors (Lipinski definition) is 1. The monoisotopic (exact) mass is 193 g/mol. The fourth-order valence-electron chi connectivity index (χ4n) is 1.32. The van der Waals surface area contributed by atoms with Crippen LogP contribution < -0.4 is 4.74 Å². The van der Waals surface area contributed by atoms with E-state index < -0.39 is 5.82 Å². The number of nitrogens with zero attached hydrogens (tertiary/aromatic N) is 1. The van der Waals surface area contributed by atoms with Gasteiger partial charge in [-0.25, -0.2) is 9.37 Å². The first kappa shape index (κ1) is 8.74.